The van der Waals surface area contributed by atoms with E-state index in [9.17, 15) is 13.2 Å². The molecular formula is C10H20F3NO. The molecular weight excluding hydrogens is 207 g/mol. The molecule has 1 N–H and O–H groups in total. The van der Waals surface area contributed by atoms with E-state index in [2.05, 4.69) is 0 Å². The first kappa shape index (κ1) is 14.7. The summed E-state index contributed by atoms with van der Waals surface area (Å²) in [6, 6.07) is 0. The average molecular weight is 227 g/mol. The zero-order valence-electron chi connectivity index (χ0n) is 9.51. The third-order valence-corrected chi connectivity index (χ3v) is 2.17. The van der Waals surface area contributed by atoms with Crippen LogP contribution in [-0.4, -0.2) is 41.9 Å². The Morgan fingerprint density at radius 1 is 1.27 bits per heavy atom. The molecule has 2 nitrogen and oxygen atoms in total. The molecule has 0 bridgehead atoms. The maximum atomic E-state index is 12.0. The van der Waals surface area contributed by atoms with Gasteiger partial charge in [0, 0.05) is 13.1 Å². The van der Waals surface area contributed by atoms with Crippen LogP contribution in [0, 0.1) is 5.92 Å². The first-order chi connectivity index (χ1) is 6.77. The van der Waals surface area contributed by atoms with E-state index in [1.54, 1.807) is 0 Å². The molecule has 15 heavy (non-hydrogen) atoms. The van der Waals surface area contributed by atoms with Crippen molar-refractivity contribution in [1.29, 1.82) is 0 Å². The molecule has 0 heterocycles. The molecule has 0 fully saturated rings. The predicted molar refractivity (Wildman–Crippen MR) is 53.6 cm³/mol. The van der Waals surface area contributed by atoms with Gasteiger partial charge in [-0.05, 0) is 18.9 Å². The summed E-state index contributed by atoms with van der Waals surface area (Å²) < 4.78 is 36.0. The van der Waals surface area contributed by atoms with Gasteiger partial charge in [-0.25, -0.2) is 0 Å². The van der Waals surface area contributed by atoms with Gasteiger partial charge in [0.1, 0.15) is 0 Å². The molecule has 0 amide bonds. The Bertz CT molecular complexity index is 171. The minimum Gasteiger partial charge on any atom is -0.384 e. The van der Waals surface area contributed by atoms with Crippen molar-refractivity contribution >= 4 is 0 Å². The Balaban J connectivity index is 3.90. The average Bonchev–Trinajstić information content (AvgIpc) is 2.09. The van der Waals surface area contributed by atoms with Crippen LogP contribution in [0.3, 0.4) is 0 Å². The van der Waals surface area contributed by atoms with Gasteiger partial charge in [0.15, 0.2) is 6.10 Å². The maximum absolute atomic E-state index is 12.0. The van der Waals surface area contributed by atoms with Crippen LogP contribution in [0.4, 0.5) is 13.2 Å². The van der Waals surface area contributed by atoms with Crippen LogP contribution in [-0.2, 0) is 0 Å². The summed E-state index contributed by atoms with van der Waals surface area (Å²) in [7, 11) is 0. The highest BCUT2D eigenvalue weighted by molar-refractivity contribution is 4.68. The first-order valence-electron chi connectivity index (χ1n) is 5.24. The van der Waals surface area contributed by atoms with E-state index in [-0.39, 0.29) is 13.0 Å². The molecule has 0 radical (unpaired) electrons. The van der Waals surface area contributed by atoms with Gasteiger partial charge in [0.25, 0.3) is 0 Å². The largest absolute Gasteiger partial charge is 0.414 e. The number of aliphatic hydroxyl groups excluding tert-OH is 1. The van der Waals surface area contributed by atoms with Crippen molar-refractivity contribution in [1.82, 2.24) is 4.90 Å². The molecule has 0 unspecified atom stereocenters. The number of hydrogen-bond acceptors (Lipinski definition) is 2. The highest BCUT2D eigenvalue weighted by atomic mass is 19.4. The minimum atomic E-state index is -4.49. The van der Waals surface area contributed by atoms with Gasteiger partial charge in [0.05, 0.1) is 0 Å². The van der Waals surface area contributed by atoms with Crippen LogP contribution in [0.1, 0.15) is 27.2 Å². The summed E-state index contributed by atoms with van der Waals surface area (Å²) in [5, 5.41) is 8.81. The van der Waals surface area contributed by atoms with E-state index >= 15 is 0 Å². The molecule has 0 aromatic heterocycles. The maximum Gasteiger partial charge on any atom is 0.414 e. The third-order valence-electron chi connectivity index (χ3n) is 2.17. The molecule has 1 atom stereocenters. The zero-order chi connectivity index (χ0) is 12.1. The molecule has 0 aromatic rings. The second-order valence-electron chi connectivity index (χ2n) is 4.13. The van der Waals surface area contributed by atoms with E-state index in [0.717, 1.165) is 6.54 Å². The van der Waals surface area contributed by atoms with E-state index in [4.69, 9.17) is 5.11 Å². The molecule has 0 saturated carbocycles. The van der Waals surface area contributed by atoms with Gasteiger partial charge in [-0.3, -0.25) is 0 Å². The fourth-order valence-corrected chi connectivity index (χ4v) is 1.36. The standard InChI is InChI=1S/C10H20F3NO/c1-4-14(7-8(2)3)6-5-9(15)10(11,12)13/h8-9,15H,4-7H2,1-3H3/t9-/m0/s1. The molecule has 92 valence electrons. The molecule has 0 aliphatic rings. The van der Waals surface area contributed by atoms with Gasteiger partial charge in [-0.15, -0.1) is 0 Å². The van der Waals surface area contributed by atoms with Crippen LogP contribution < -0.4 is 0 Å². The second-order valence-corrected chi connectivity index (χ2v) is 4.13. The summed E-state index contributed by atoms with van der Waals surface area (Å²) in [6.45, 7) is 7.70. The van der Waals surface area contributed by atoms with Crippen molar-refractivity contribution in [2.75, 3.05) is 19.6 Å². The second kappa shape index (κ2) is 6.33. The summed E-state index contributed by atoms with van der Waals surface area (Å²) in [6.07, 6.45) is -6.93. The Morgan fingerprint density at radius 2 is 1.80 bits per heavy atom. The quantitative estimate of drug-likeness (QED) is 0.752. The molecule has 5 heteroatoms. The zero-order valence-corrected chi connectivity index (χ0v) is 9.51. The van der Waals surface area contributed by atoms with Crippen molar-refractivity contribution in [3.63, 3.8) is 0 Å². The van der Waals surface area contributed by atoms with Gasteiger partial charge >= 0.3 is 6.18 Å². The SMILES string of the molecule is CCN(CC[C@H](O)C(F)(F)F)CC(C)C. The smallest absolute Gasteiger partial charge is 0.384 e. The molecule has 0 aliphatic carbocycles. The van der Waals surface area contributed by atoms with E-state index in [0.29, 0.717) is 12.5 Å². The number of nitrogens with zero attached hydrogens (tertiary/aromatic N) is 1. The minimum absolute atomic E-state index is 0.246. The third kappa shape index (κ3) is 6.73. The molecule has 0 spiro atoms. The van der Waals surface area contributed by atoms with Crippen molar-refractivity contribution < 1.29 is 18.3 Å². The van der Waals surface area contributed by atoms with Gasteiger partial charge < -0.3 is 10.0 Å². The van der Waals surface area contributed by atoms with Crippen molar-refractivity contribution in [2.45, 2.75) is 39.5 Å². The summed E-state index contributed by atoms with van der Waals surface area (Å²) in [5.41, 5.74) is 0. The predicted octanol–water partition coefficient (Wildman–Crippen LogP) is 2.28. The lowest BCUT2D eigenvalue weighted by Crippen LogP contribution is -2.35. The highest BCUT2D eigenvalue weighted by Crippen LogP contribution is 2.22. The van der Waals surface area contributed by atoms with Gasteiger partial charge in [0.2, 0.25) is 0 Å². The summed E-state index contributed by atoms with van der Waals surface area (Å²) >= 11 is 0. The topological polar surface area (TPSA) is 23.5 Å². The van der Waals surface area contributed by atoms with Crippen molar-refractivity contribution in [2.24, 2.45) is 5.92 Å². The lowest BCUT2D eigenvalue weighted by molar-refractivity contribution is -0.206. The van der Waals surface area contributed by atoms with Crippen LogP contribution in [0.15, 0.2) is 0 Å². The van der Waals surface area contributed by atoms with Gasteiger partial charge in [-0.1, -0.05) is 20.8 Å². The monoisotopic (exact) mass is 227 g/mol. The van der Waals surface area contributed by atoms with E-state index in [1.165, 1.54) is 0 Å². The van der Waals surface area contributed by atoms with Gasteiger partial charge in [-0.2, -0.15) is 13.2 Å². The van der Waals surface area contributed by atoms with Crippen LogP contribution in [0.2, 0.25) is 0 Å². The number of hydrogen-bond donors (Lipinski definition) is 1. The van der Waals surface area contributed by atoms with E-state index in [1.807, 2.05) is 25.7 Å². The number of alkyl halides is 3. The Labute approximate surface area is 89.1 Å². The number of aliphatic hydroxyl groups is 1. The highest BCUT2D eigenvalue weighted by Gasteiger charge is 2.37. The number of halogens is 3. The molecule has 0 aromatic carbocycles. The van der Waals surface area contributed by atoms with Crippen LogP contribution >= 0.6 is 0 Å². The molecule has 0 saturated heterocycles. The van der Waals surface area contributed by atoms with Crippen LogP contribution in [0.25, 0.3) is 0 Å². The van der Waals surface area contributed by atoms with Crippen molar-refractivity contribution in [3.8, 4) is 0 Å². The Kier molecular flexibility index (Phi) is 6.20. The summed E-state index contributed by atoms with van der Waals surface area (Å²) in [5.74, 6) is 0.424. The van der Waals surface area contributed by atoms with Crippen molar-refractivity contribution in [3.05, 3.63) is 0 Å². The molecule has 0 aliphatic heterocycles. The first-order valence-corrected chi connectivity index (χ1v) is 5.24. The summed E-state index contributed by atoms with van der Waals surface area (Å²) in [4.78, 5) is 1.92. The lowest BCUT2D eigenvalue weighted by Gasteiger charge is -2.24. The van der Waals surface area contributed by atoms with E-state index < -0.39 is 12.3 Å². The molecule has 0 rings (SSSR count). The fourth-order valence-electron chi connectivity index (χ4n) is 1.36. The number of rotatable bonds is 6. The Morgan fingerprint density at radius 3 is 2.13 bits per heavy atom. The fraction of sp³-hybridized carbons (Fsp3) is 1.00. The van der Waals surface area contributed by atoms with Crippen LogP contribution in [0.5, 0.6) is 0 Å². The normalized spacial score (nSPS) is 15.0. The Hall–Kier alpha value is -0.290. The lowest BCUT2D eigenvalue weighted by atomic mass is 10.2.